The predicted octanol–water partition coefficient (Wildman–Crippen LogP) is 5.13. The van der Waals surface area contributed by atoms with E-state index in [9.17, 15) is 0 Å². The van der Waals surface area contributed by atoms with Crippen LogP contribution in [0.15, 0.2) is 0 Å². The fourth-order valence-corrected chi connectivity index (χ4v) is 2.40. The monoisotopic (exact) mass is 198 g/mol. The largest absolute Gasteiger partial charge is 0.0654 e. The SMILES string of the molecule is CCCC(C(C)C)C(C)C(C)(C)CC. The van der Waals surface area contributed by atoms with Gasteiger partial charge in [-0.25, -0.2) is 0 Å². The minimum atomic E-state index is 0.504. The van der Waals surface area contributed by atoms with Crippen molar-refractivity contribution in [1.29, 1.82) is 0 Å². The van der Waals surface area contributed by atoms with Crippen LogP contribution in [0.25, 0.3) is 0 Å². The van der Waals surface area contributed by atoms with E-state index in [1.54, 1.807) is 0 Å². The van der Waals surface area contributed by atoms with E-state index in [2.05, 4.69) is 48.5 Å². The van der Waals surface area contributed by atoms with Crippen molar-refractivity contribution in [1.82, 2.24) is 0 Å². The second-order valence-corrected chi connectivity index (χ2v) is 5.83. The Labute approximate surface area is 91.5 Å². The van der Waals surface area contributed by atoms with Gasteiger partial charge in [0.15, 0.2) is 0 Å². The Morgan fingerprint density at radius 3 is 1.79 bits per heavy atom. The van der Waals surface area contributed by atoms with Crippen molar-refractivity contribution in [3.05, 3.63) is 0 Å². The highest BCUT2D eigenvalue weighted by atomic mass is 14.4. The smallest absolute Gasteiger partial charge is 0.0328 e. The topological polar surface area (TPSA) is 0 Å². The van der Waals surface area contributed by atoms with Crippen molar-refractivity contribution in [3.8, 4) is 0 Å². The molecule has 0 fully saturated rings. The molecule has 0 heteroatoms. The second-order valence-electron chi connectivity index (χ2n) is 5.83. The van der Waals surface area contributed by atoms with Crippen LogP contribution in [0.4, 0.5) is 0 Å². The zero-order chi connectivity index (χ0) is 11.4. The molecule has 2 atom stereocenters. The highest BCUT2D eigenvalue weighted by Gasteiger charge is 2.31. The van der Waals surface area contributed by atoms with Gasteiger partial charge in [-0.05, 0) is 23.2 Å². The molecule has 0 saturated heterocycles. The zero-order valence-electron chi connectivity index (χ0n) is 11.4. The van der Waals surface area contributed by atoms with Crippen molar-refractivity contribution in [2.24, 2.45) is 23.2 Å². The summed E-state index contributed by atoms with van der Waals surface area (Å²) in [7, 11) is 0. The van der Waals surface area contributed by atoms with E-state index >= 15 is 0 Å². The third kappa shape index (κ3) is 3.63. The first kappa shape index (κ1) is 14.0. The summed E-state index contributed by atoms with van der Waals surface area (Å²) in [6, 6.07) is 0. The molecular weight excluding hydrogens is 168 g/mol. The number of hydrogen-bond donors (Lipinski definition) is 0. The summed E-state index contributed by atoms with van der Waals surface area (Å²) in [6.07, 6.45) is 4.01. The van der Waals surface area contributed by atoms with Gasteiger partial charge in [0.1, 0.15) is 0 Å². The van der Waals surface area contributed by atoms with Crippen LogP contribution in [0.2, 0.25) is 0 Å². The van der Waals surface area contributed by atoms with Crippen LogP contribution < -0.4 is 0 Å². The first-order valence-corrected chi connectivity index (χ1v) is 6.36. The third-order valence-electron chi connectivity index (χ3n) is 4.26. The molecule has 0 bridgehead atoms. The van der Waals surface area contributed by atoms with Gasteiger partial charge in [0, 0.05) is 0 Å². The Bertz CT molecular complexity index is 144. The highest BCUT2D eigenvalue weighted by molar-refractivity contribution is 4.81. The minimum Gasteiger partial charge on any atom is -0.0654 e. The molecule has 0 N–H and O–H groups in total. The van der Waals surface area contributed by atoms with Crippen LogP contribution in [-0.2, 0) is 0 Å². The summed E-state index contributed by atoms with van der Waals surface area (Å²) >= 11 is 0. The van der Waals surface area contributed by atoms with E-state index in [-0.39, 0.29) is 0 Å². The van der Waals surface area contributed by atoms with Crippen LogP contribution in [-0.4, -0.2) is 0 Å². The van der Waals surface area contributed by atoms with Crippen molar-refractivity contribution >= 4 is 0 Å². The molecule has 0 radical (unpaired) electrons. The molecule has 0 aliphatic rings. The zero-order valence-corrected chi connectivity index (χ0v) is 11.4. The molecule has 0 rings (SSSR count). The van der Waals surface area contributed by atoms with E-state index in [1.807, 2.05) is 0 Å². The molecule has 0 aromatic rings. The average Bonchev–Trinajstić information content (AvgIpc) is 2.12. The lowest BCUT2D eigenvalue weighted by Crippen LogP contribution is -2.30. The van der Waals surface area contributed by atoms with Crippen molar-refractivity contribution in [3.63, 3.8) is 0 Å². The van der Waals surface area contributed by atoms with Crippen LogP contribution in [0.5, 0.6) is 0 Å². The van der Waals surface area contributed by atoms with Gasteiger partial charge in [0.25, 0.3) is 0 Å². The van der Waals surface area contributed by atoms with E-state index in [1.165, 1.54) is 19.3 Å². The van der Waals surface area contributed by atoms with Crippen LogP contribution >= 0.6 is 0 Å². The van der Waals surface area contributed by atoms with Crippen LogP contribution in [0, 0.1) is 23.2 Å². The van der Waals surface area contributed by atoms with Gasteiger partial charge in [-0.15, -0.1) is 0 Å². The molecule has 0 aromatic heterocycles. The average molecular weight is 198 g/mol. The lowest BCUT2D eigenvalue weighted by Gasteiger charge is -2.39. The summed E-state index contributed by atoms with van der Waals surface area (Å²) in [4.78, 5) is 0. The molecule has 0 spiro atoms. The van der Waals surface area contributed by atoms with Gasteiger partial charge in [-0.2, -0.15) is 0 Å². The molecule has 0 aromatic carbocycles. The Morgan fingerprint density at radius 1 is 1.00 bits per heavy atom. The quantitative estimate of drug-likeness (QED) is 0.555. The van der Waals surface area contributed by atoms with Crippen molar-refractivity contribution < 1.29 is 0 Å². The lowest BCUT2D eigenvalue weighted by molar-refractivity contribution is 0.110. The fraction of sp³-hybridized carbons (Fsp3) is 1.00. The fourth-order valence-electron chi connectivity index (χ4n) is 2.40. The summed E-state index contributed by atoms with van der Waals surface area (Å²) in [5.41, 5.74) is 0.504. The molecule has 14 heavy (non-hydrogen) atoms. The van der Waals surface area contributed by atoms with E-state index < -0.39 is 0 Å². The number of hydrogen-bond acceptors (Lipinski definition) is 0. The molecule has 0 heterocycles. The molecule has 2 unspecified atom stereocenters. The maximum Gasteiger partial charge on any atom is -0.0328 e. The lowest BCUT2D eigenvalue weighted by atomic mass is 9.67. The Morgan fingerprint density at radius 2 is 1.50 bits per heavy atom. The molecule has 86 valence electrons. The summed E-state index contributed by atoms with van der Waals surface area (Å²) < 4.78 is 0. The molecule has 0 aliphatic heterocycles. The number of rotatable bonds is 6. The first-order valence-electron chi connectivity index (χ1n) is 6.36. The third-order valence-corrected chi connectivity index (χ3v) is 4.26. The van der Waals surface area contributed by atoms with Gasteiger partial charge >= 0.3 is 0 Å². The summed E-state index contributed by atoms with van der Waals surface area (Å²) in [5.74, 6) is 2.57. The normalized spacial score (nSPS) is 17.1. The molecule has 0 aliphatic carbocycles. The van der Waals surface area contributed by atoms with Gasteiger partial charge in [0.2, 0.25) is 0 Å². The Kier molecular flexibility index (Phi) is 5.78. The standard InChI is InChI=1S/C14H30/c1-8-10-13(11(3)4)12(5)14(6,7)9-2/h11-13H,8-10H2,1-7H3. The summed E-state index contributed by atoms with van der Waals surface area (Å²) in [5, 5.41) is 0. The first-order chi connectivity index (χ1) is 6.36. The van der Waals surface area contributed by atoms with Crippen LogP contribution in [0.3, 0.4) is 0 Å². The summed E-state index contributed by atoms with van der Waals surface area (Å²) in [6.45, 7) is 16.7. The van der Waals surface area contributed by atoms with E-state index in [0.29, 0.717) is 5.41 Å². The van der Waals surface area contributed by atoms with Gasteiger partial charge in [-0.1, -0.05) is 67.7 Å². The molecular formula is C14H30. The predicted molar refractivity (Wildman–Crippen MR) is 66.5 cm³/mol. The maximum atomic E-state index is 2.45. The van der Waals surface area contributed by atoms with Gasteiger partial charge in [0.05, 0.1) is 0 Å². The Hall–Kier alpha value is 0. The molecule has 0 nitrogen and oxygen atoms in total. The highest BCUT2D eigenvalue weighted by Crippen LogP contribution is 2.40. The van der Waals surface area contributed by atoms with Crippen molar-refractivity contribution in [2.75, 3.05) is 0 Å². The van der Waals surface area contributed by atoms with Crippen molar-refractivity contribution in [2.45, 2.75) is 67.7 Å². The molecule has 0 amide bonds. The maximum absolute atomic E-state index is 2.45. The van der Waals surface area contributed by atoms with E-state index in [4.69, 9.17) is 0 Å². The second kappa shape index (κ2) is 5.78. The van der Waals surface area contributed by atoms with Gasteiger partial charge < -0.3 is 0 Å². The van der Waals surface area contributed by atoms with Gasteiger partial charge in [-0.3, -0.25) is 0 Å². The Balaban J connectivity index is 4.50. The van der Waals surface area contributed by atoms with Crippen LogP contribution in [0.1, 0.15) is 67.7 Å². The van der Waals surface area contributed by atoms with E-state index in [0.717, 1.165) is 17.8 Å². The minimum absolute atomic E-state index is 0.504. The molecule has 0 saturated carbocycles.